The standard InChI is InChI=1S/C11H15N3O3S2/c1-8(5-10-3-2-4-18-10)14-19(16,17)11-9(7-15)6-12-13-11/h2-4,6,8,14-15H,5,7H2,1H3,(H,12,13). The Bertz CT molecular complexity index is 619. The first-order valence-corrected chi connectivity index (χ1v) is 8.07. The monoisotopic (exact) mass is 301 g/mol. The predicted molar refractivity (Wildman–Crippen MR) is 72.3 cm³/mol. The minimum absolute atomic E-state index is 0.0759. The molecule has 2 heterocycles. The van der Waals surface area contributed by atoms with Crippen molar-refractivity contribution in [2.45, 2.75) is 31.0 Å². The molecule has 2 rings (SSSR count). The molecule has 0 saturated carbocycles. The highest BCUT2D eigenvalue weighted by atomic mass is 32.2. The Kier molecular flexibility index (Phi) is 4.35. The van der Waals surface area contributed by atoms with Crippen LogP contribution in [0.4, 0.5) is 0 Å². The van der Waals surface area contributed by atoms with E-state index >= 15 is 0 Å². The van der Waals surface area contributed by atoms with E-state index in [-0.39, 0.29) is 23.2 Å². The molecule has 19 heavy (non-hydrogen) atoms. The number of H-pyrrole nitrogens is 1. The molecule has 0 bridgehead atoms. The lowest BCUT2D eigenvalue weighted by Crippen LogP contribution is -2.34. The minimum atomic E-state index is -3.69. The number of aliphatic hydroxyl groups excluding tert-OH is 1. The topological polar surface area (TPSA) is 95.1 Å². The fraction of sp³-hybridized carbons (Fsp3) is 0.364. The van der Waals surface area contributed by atoms with Crippen molar-refractivity contribution in [3.63, 3.8) is 0 Å². The van der Waals surface area contributed by atoms with E-state index in [1.165, 1.54) is 6.20 Å². The molecule has 104 valence electrons. The average molecular weight is 301 g/mol. The van der Waals surface area contributed by atoms with Crippen molar-refractivity contribution in [2.75, 3.05) is 0 Å². The van der Waals surface area contributed by atoms with Crippen molar-refractivity contribution in [2.24, 2.45) is 0 Å². The molecule has 0 aromatic carbocycles. The number of nitrogens with one attached hydrogen (secondary N) is 2. The molecule has 0 spiro atoms. The summed E-state index contributed by atoms with van der Waals surface area (Å²) in [7, 11) is -3.69. The van der Waals surface area contributed by atoms with Crippen LogP contribution in [0.5, 0.6) is 0 Å². The number of hydrogen-bond donors (Lipinski definition) is 3. The predicted octanol–water partition coefficient (Wildman–Crippen LogP) is 0.873. The smallest absolute Gasteiger partial charge is 0.258 e. The van der Waals surface area contributed by atoms with Crippen molar-refractivity contribution in [1.29, 1.82) is 0 Å². The van der Waals surface area contributed by atoms with Gasteiger partial charge in [0.15, 0.2) is 5.03 Å². The number of sulfonamides is 1. The Morgan fingerprint density at radius 2 is 2.37 bits per heavy atom. The van der Waals surface area contributed by atoms with Gasteiger partial charge in [0.05, 0.1) is 12.8 Å². The normalized spacial score (nSPS) is 13.6. The molecule has 1 unspecified atom stereocenters. The molecule has 0 radical (unpaired) electrons. The zero-order chi connectivity index (χ0) is 13.9. The summed E-state index contributed by atoms with van der Waals surface area (Å²) in [6, 6.07) is 3.66. The molecule has 1 atom stereocenters. The number of nitrogens with zero attached hydrogens (tertiary/aromatic N) is 1. The van der Waals surface area contributed by atoms with Gasteiger partial charge in [0.25, 0.3) is 10.0 Å². The highest BCUT2D eigenvalue weighted by Crippen LogP contribution is 2.15. The van der Waals surface area contributed by atoms with Gasteiger partial charge in [0.2, 0.25) is 0 Å². The van der Waals surface area contributed by atoms with Gasteiger partial charge < -0.3 is 5.11 Å². The van der Waals surface area contributed by atoms with Gasteiger partial charge in [-0.3, -0.25) is 5.10 Å². The van der Waals surface area contributed by atoms with Crippen LogP contribution < -0.4 is 4.72 Å². The molecule has 0 amide bonds. The fourth-order valence-electron chi connectivity index (χ4n) is 1.74. The molecule has 2 aromatic heterocycles. The second-order valence-corrected chi connectivity index (χ2v) is 6.87. The zero-order valence-corrected chi connectivity index (χ0v) is 12.0. The van der Waals surface area contributed by atoms with Crippen molar-refractivity contribution < 1.29 is 13.5 Å². The van der Waals surface area contributed by atoms with Crippen molar-refractivity contribution >= 4 is 21.4 Å². The van der Waals surface area contributed by atoms with Crippen LogP contribution >= 0.6 is 11.3 Å². The Labute approximate surface area is 115 Å². The van der Waals surface area contributed by atoms with E-state index in [9.17, 15) is 8.42 Å². The van der Waals surface area contributed by atoms with Gasteiger partial charge in [0.1, 0.15) is 0 Å². The number of thiophene rings is 1. The summed E-state index contributed by atoms with van der Waals surface area (Å²) < 4.78 is 26.8. The van der Waals surface area contributed by atoms with E-state index in [1.807, 2.05) is 17.5 Å². The number of aromatic nitrogens is 2. The second kappa shape index (κ2) is 5.83. The zero-order valence-electron chi connectivity index (χ0n) is 10.3. The lowest BCUT2D eigenvalue weighted by atomic mass is 10.2. The van der Waals surface area contributed by atoms with Crippen molar-refractivity contribution in [3.05, 3.63) is 34.2 Å². The van der Waals surface area contributed by atoms with Gasteiger partial charge in [-0.1, -0.05) is 6.07 Å². The molecule has 0 saturated heterocycles. The summed E-state index contributed by atoms with van der Waals surface area (Å²) in [6.45, 7) is 1.43. The first kappa shape index (κ1) is 14.2. The second-order valence-electron chi connectivity index (χ2n) is 4.19. The maximum Gasteiger partial charge on any atom is 0.258 e. The highest BCUT2D eigenvalue weighted by molar-refractivity contribution is 7.89. The Balaban J connectivity index is 2.09. The number of hydrogen-bond acceptors (Lipinski definition) is 5. The SMILES string of the molecule is CC(Cc1cccs1)NS(=O)(=O)c1[nH]ncc1CO. The van der Waals surface area contributed by atoms with Crippen molar-refractivity contribution in [3.8, 4) is 0 Å². The quantitative estimate of drug-likeness (QED) is 0.738. The third-order valence-electron chi connectivity index (χ3n) is 2.56. The molecular formula is C11H15N3O3S2. The molecule has 6 nitrogen and oxygen atoms in total. The van der Waals surface area contributed by atoms with Crippen LogP contribution in [0.2, 0.25) is 0 Å². The van der Waals surface area contributed by atoms with E-state index in [2.05, 4.69) is 14.9 Å². The van der Waals surface area contributed by atoms with Gasteiger partial charge in [-0.15, -0.1) is 11.3 Å². The lowest BCUT2D eigenvalue weighted by molar-refractivity contribution is 0.278. The maximum atomic E-state index is 12.1. The lowest BCUT2D eigenvalue weighted by Gasteiger charge is -2.13. The summed E-state index contributed by atoms with van der Waals surface area (Å²) in [5, 5.41) is 17.0. The van der Waals surface area contributed by atoms with Crippen LogP contribution in [-0.4, -0.2) is 29.8 Å². The van der Waals surface area contributed by atoms with Gasteiger partial charge in [-0.25, -0.2) is 13.1 Å². The summed E-state index contributed by atoms with van der Waals surface area (Å²) in [5.74, 6) is 0. The van der Waals surface area contributed by atoms with E-state index in [0.717, 1.165) is 4.88 Å². The number of rotatable bonds is 6. The third-order valence-corrected chi connectivity index (χ3v) is 5.06. The van der Waals surface area contributed by atoms with Crippen molar-refractivity contribution in [1.82, 2.24) is 14.9 Å². The minimum Gasteiger partial charge on any atom is -0.392 e. The van der Waals surface area contributed by atoms with Crippen LogP contribution in [0.3, 0.4) is 0 Å². The number of aliphatic hydroxyl groups is 1. The number of aromatic amines is 1. The highest BCUT2D eigenvalue weighted by Gasteiger charge is 2.22. The van der Waals surface area contributed by atoms with Gasteiger partial charge in [-0.05, 0) is 24.8 Å². The van der Waals surface area contributed by atoms with Gasteiger partial charge in [0, 0.05) is 16.5 Å². The summed E-state index contributed by atoms with van der Waals surface area (Å²) in [6.07, 6.45) is 1.93. The molecule has 0 fully saturated rings. The average Bonchev–Trinajstić information content (AvgIpc) is 2.97. The van der Waals surface area contributed by atoms with Crippen LogP contribution in [0.1, 0.15) is 17.4 Å². The molecule has 8 heteroatoms. The molecular weight excluding hydrogens is 286 g/mol. The third kappa shape index (κ3) is 3.41. The van der Waals surface area contributed by atoms with E-state index in [4.69, 9.17) is 5.11 Å². The molecule has 2 aromatic rings. The Morgan fingerprint density at radius 3 is 3.00 bits per heavy atom. The maximum absolute atomic E-state index is 12.1. The largest absolute Gasteiger partial charge is 0.392 e. The van der Waals surface area contributed by atoms with E-state index < -0.39 is 10.0 Å². The fourth-order valence-corrected chi connectivity index (χ4v) is 3.94. The summed E-state index contributed by atoms with van der Waals surface area (Å²) in [4.78, 5) is 1.11. The summed E-state index contributed by atoms with van der Waals surface area (Å²) in [5.41, 5.74) is 0.260. The molecule has 0 aliphatic heterocycles. The van der Waals surface area contributed by atoms with Crippen LogP contribution in [-0.2, 0) is 23.1 Å². The first-order valence-electron chi connectivity index (χ1n) is 5.70. The van der Waals surface area contributed by atoms with E-state index in [0.29, 0.717) is 6.42 Å². The molecule has 0 aliphatic carbocycles. The van der Waals surface area contributed by atoms with Crippen LogP contribution in [0.15, 0.2) is 28.7 Å². The molecule has 3 N–H and O–H groups in total. The molecule has 0 aliphatic rings. The van der Waals surface area contributed by atoms with Crippen LogP contribution in [0.25, 0.3) is 0 Å². The van der Waals surface area contributed by atoms with Gasteiger partial charge >= 0.3 is 0 Å². The first-order chi connectivity index (χ1) is 9.03. The Morgan fingerprint density at radius 1 is 1.58 bits per heavy atom. The Hall–Kier alpha value is -1.22. The summed E-state index contributed by atoms with van der Waals surface area (Å²) >= 11 is 1.59. The van der Waals surface area contributed by atoms with Gasteiger partial charge in [-0.2, -0.15) is 5.10 Å². The van der Waals surface area contributed by atoms with Crippen LogP contribution in [0, 0.1) is 0 Å². The van der Waals surface area contributed by atoms with E-state index in [1.54, 1.807) is 18.3 Å².